The topological polar surface area (TPSA) is 102 Å². The van der Waals surface area contributed by atoms with Crippen molar-refractivity contribution in [2.75, 3.05) is 38.5 Å². The number of rotatable bonds is 9. The summed E-state index contributed by atoms with van der Waals surface area (Å²) in [5.41, 5.74) is 8.59. The fraction of sp³-hybridized carbons (Fsp3) is 0.310. The number of carbonyl (C=O) groups is 1. The van der Waals surface area contributed by atoms with Crippen molar-refractivity contribution in [2.24, 2.45) is 0 Å². The first-order chi connectivity index (χ1) is 18.6. The van der Waals surface area contributed by atoms with Crippen LogP contribution in [-0.4, -0.2) is 68.2 Å². The van der Waals surface area contributed by atoms with Crippen molar-refractivity contribution in [2.45, 2.75) is 26.3 Å². The molecule has 0 saturated carbocycles. The fourth-order valence-electron chi connectivity index (χ4n) is 4.79. The highest BCUT2D eigenvalue weighted by molar-refractivity contribution is 5.98. The van der Waals surface area contributed by atoms with E-state index in [2.05, 4.69) is 28.7 Å². The molecule has 1 fully saturated rings. The number of ether oxygens (including phenoxy) is 1. The second-order valence-corrected chi connectivity index (χ2v) is 9.31. The Kier molecular flexibility index (Phi) is 7.65. The fourth-order valence-corrected chi connectivity index (χ4v) is 4.79. The minimum atomic E-state index is 0.00127. The molecule has 1 aliphatic rings. The number of amides is 1. The van der Waals surface area contributed by atoms with Gasteiger partial charge in [-0.25, -0.2) is 14.6 Å². The van der Waals surface area contributed by atoms with E-state index in [0.29, 0.717) is 35.6 Å². The van der Waals surface area contributed by atoms with Gasteiger partial charge in [-0.15, -0.1) is 0 Å². The lowest BCUT2D eigenvalue weighted by Crippen LogP contribution is -2.28. The van der Waals surface area contributed by atoms with Crippen LogP contribution in [0, 0.1) is 0 Å². The Morgan fingerprint density at radius 3 is 2.55 bits per heavy atom. The molecule has 9 nitrogen and oxygen atoms in total. The van der Waals surface area contributed by atoms with Crippen LogP contribution in [0.1, 0.15) is 26.3 Å². The monoisotopic (exact) mass is 511 g/mol. The van der Waals surface area contributed by atoms with E-state index < -0.39 is 0 Å². The molecule has 0 spiro atoms. The molecule has 2 N–H and O–H groups in total. The molecule has 1 saturated heterocycles. The van der Waals surface area contributed by atoms with Crippen molar-refractivity contribution < 1.29 is 9.53 Å². The van der Waals surface area contributed by atoms with E-state index in [0.717, 1.165) is 43.1 Å². The van der Waals surface area contributed by atoms with Gasteiger partial charge in [0.1, 0.15) is 29.3 Å². The minimum absolute atomic E-state index is 0.00127. The Hall–Kier alpha value is -4.24. The van der Waals surface area contributed by atoms with E-state index in [9.17, 15) is 4.79 Å². The van der Waals surface area contributed by atoms with Crippen LogP contribution in [0.15, 0.2) is 73.1 Å². The summed E-state index contributed by atoms with van der Waals surface area (Å²) in [5.74, 6) is 1.91. The number of aromatic nitrogens is 4. The summed E-state index contributed by atoms with van der Waals surface area (Å²) >= 11 is 0. The second kappa shape index (κ2) is 11.4. The predicted octanol–water partition coefficient (Wildman–Crippen LogP) is 4.54. The normalized spacial score (nSPS) is 15.7. The summed E-state index contributed by atoms with van der Waals surface area (Å²) in [5, 5.41) is 5.66. The molecule has 0 radical (unpaired) electrons. The third-order valence-corrected chi connectivity index (χ3v) is 6.96. The summed E-state index contributed by atoms with van der Waals surface area (Å²) in [6.07, 6.45) is 5.89. The Morgan fingerprint density at radius 2 is 1.82 bits per heavy atom. The molecule has 1 aliphatic heterocycles. The molecule has 0 aliphatic carbocycles. The number of fused-ring (bicyclic) bond motifs is 1. The van der Waals surface area contributed by atoms with Gasteiger partial charge in [-0.2, -0.15) is 5.10 Å². The molecule has 2 aromatic heterocycles. The van der Waals surface area contributed by atoms with Gasteiger partial charge in [0, 0.05) is 31.3 Å². The summed E-state index contributed by atoms with van der Waals surface area (Å²) in [7, 11) is 0. The van der Waals surface area contributed by atoms with Crippen molar-refractivity contribution in [3.05, 3.63) is 73.1 Å². The van der Waals surface area contributed by atoms with E-state index in [-0.39, 0.29) is 11.9 Å². The minimum Gasteiger partial charge on any atom is -0.457 e. The number of anilines is 1. The van der Waals surface area contributed by atoms with Gasteiger partial charge in [0.05, 0.1) is 11.4 Å². The van der Waals surface area contributed by atoms with Crippen LogP contribution in [0.25, 0.3) is 22.3 Å². The number of nitrogen functional groups attached to an aromatic ring is 1. The van der Waals surface area contributed by atoms with Crippen molar-refractivity contribution in [1.29, 1.82) is 0 Å². The summed E-state index contributed by atoms with van der Waals surface area (Å²) in [6.45, 7) is 8.17. The number of nitrogens with zero attached hydrogens (tertiary/aromatic N) is 6. The SMILES string of the molecule is CCN(CC)CC=CC(=O)N1CC[C@@H](n2nc(-c3ccc(Oc4ccccc4)cc3)c3c(N)ncnc32)C1. The van der Waals surface area contributed by atoms with Gasteiger partial charge in [-0.1, -0.05) is 38.1 Å². The lowest BCUT2D eigenvalue weighted by molar-refractivity contribution is -0.125. The predicted molar refractivity (Wildman–Crippen MR) is 149 cm³/mol. The van der Waals surface area contributed by atoms with E-state index >= 15 is 0 Å². The average Bonchev–Trinajstić information content (AvgIpc) is 3.58. The maximum Gasteiger partial charge on any atom is 0.246 e. The second-order valence-electron chi connectivity index (χ2n) is 9.31. The largest absolute Gasteiger partial charge is 0.457 e. The lowest BCUT2D eigenvalue weighted by atomic mass is 10.1. The first-order valence-corrected chi connectivity index (χ1v) is 13.1. The van der Waals surface area contributed by atoms with Gasteiger partial charge in [-0.05, 0) is 55.9 Å². The molecule has 4 aromatic rings. The molecule has 38 heavy (non-hydrogen) atoms. The zero-order valence-electron chi connectivity index (χ0n) is 21.8. The molecule has 2 aromatic carbocycles. The Bertz CT molecular complexity index is 1410. The van der Waals surface area contributed by atoms with Gasteiger partial charge < -0.3 is 20.3 Å². The molecule has 3 heterocycles. The van der Waals surface area contributed by atoms with Crippen molar-refractivity contribution >= 4 is 22.8 Å². The number of nitrogens with two attached hydrogens (primary N) is 1. The van der Waals surface area contributed by atoms with Crippen molar-refractivity contribution in [3.63, 3.8) is 0 Å². The van der Waals surface area contributed by atoms with Crippen LogP contribution in [0.5, 0.6) is 11.5 Å². The Labute approximate surface area is 222 Å². The lowest BCUT2D eigenvalue weighted by Gasteiger charge is -2.16. The summed E-state index contributed by atoms with van der Waals surface area (Å²) < 4.78 is 7.84. The maximum atomic E-state index is 12.8. The van der Waals surface area contributed by atoms with Crippen LogP contribution >= 0.6 is 0 Å². The first-order valence-electron chi connectivity index (χ1n) is 13.1. The van der Waals surface area contributed by atoms with E-state index in [1.54, 1.807) is 6.08 Å². The smallest absolute Gasteiger partial charge is 0.246 e. The molecular weight excluding hydrogens is 478 g/mol. The van der Waals surface area contributed by atoms with Gasteiger partial charge >= 0.3 is 0 Å². The van der Waals surface area contributed by atoms with Crippen LogP contribution < -0.4 is 10.5 Å². The molecule has 0 bridgehead atoms. The van der Waals surface area contributed by atoms with Gasteiger partial charge in [0.15, 0.2) is 5.65 Å². The van der Waals surface area contributed by atoms with Gasteiger partial charge in [0.25, 0.3) is 0 Å². The van der Waals surface area contributed by atoms with E-state index in [4.69, 9.17) is 15.6 Å². The van der Waals surface area contributed by atoms with Crippen LogP contribution in [0.2, 0.25) is 0 Å². The number of para-hydroxylation sites is 1. The summed E-state index contributed by atoms with van der Waals surface area (Å²) in [4.78, 5) is 25.7. The molecule has 5 rings (SSSR count). The molecule has 9 heteroatoms. The number of carbonyl (C=O) groups excluding carboxylic acids is 1. The zero-order valence-corrected chi connectivity index (χ0v) is 21.8. The quantitative estimate of drug-likeness (QED) is 0.329. The van der Waals surface area contributed by atoms with Gasteiger partial charge in [-0.3, -0.25) is 4.79 Å². The Balaban J connectivity index is 1.36. The maximum absolute atomic E-state index is 12.8. The van der Waals surface area contributed by atoms with Gasteiger partial charge in [0.2, 0.25) is 5.91 Å². The van der Waals surface area contributed by atoms with Crippen LogP contribution in [-0.2, 0) is 4.79 Å². The molecule has 1 amide bonds. The summed E-state index contributed by atoms with van der Waals surface area (Å²) in [6, 6.07) is 17.4. The standard InChI is InChI=1S/C29H33N7O2/c1-3-34(4-2)17-8-11-25(37)35-18-16-22(19-35)36-29-26(28(30)31-20-32-29)27(33-36)21-12-14-24(15-13-21)38-23-9-6-5-7-10-23/h5-15,20,22H,3-4,16-19H2,1-2H3,(H2,30,31,32)/t22-/m1/s1. The Morgan fingerprint density at radius 1 is 1.08 bits per heavy atom. The van der Waals surface area contributed by atoms with E-state index in [1.807, 2.05) is 70.3 Å². The average molecular weight is 512 g/mol. The third kappa shape index (κ3) is 5.38. The van der Waals surface area contributed by atoms with Crippen LogP contribution in [0.4, 0.5) is 5.82 Å². The van der Waals surface area contributed by atoms with Crippen LogP contribution in [0.3, 0.4) is 0 Å². The number of likely N-dealkylation sites (tertiary alicyclic amines) is 1. The van der Waals surface area contributed by atoms with E-state index in [1.165, 1.54) is 6.33 Å². The highest BCUT2D eigenvalue weighted by Gasteiger charge is 2.30. The molecule has 196 valence electrons. The molecular formula is C29H33N7O2. The van der Waals surface area contributed by atoms with Crippen molar-refractivity contribution in [3.8, 4) is 22.8 Å². The van der Waals surface area contributed by atoms with Crippen molar-refractivity contribution in [1.82, 2.24) is 29.5 Å². The highest BCUT2D eigenvalue weighted by Crippen LogP contribution is 2.35. The number of benzene rings is 2. The molecule has 0 unspecified atom stereocenters. The number of hydrogen-bond acceptors (Lipinski definition) is 7. The first kappa shape index (κ1) is 25.4. The highest BCUT2D eigenvalue weighted by atomic mass is 16.5. The number of likely N-dealkylation sites (N-methyl/N-ethyl adjacent to an activating group) is 1. The third-order valence-electron chi connectivity index (χ3n) is 6.96. The molecule has 1 atom stereocenters. The zero-order chi connectivity index (χ0) is 26.5. The number of hydrogen-bond donors (Lipinski definition) is 1.